The lowest BCUT2D eigenvalue weighted by Crippen LogP contribution is -2.36. The van der Waals surface area contributed by atoms with Gasteiger partial charge in [0.15, 0.2) is 17.5 Å². The van der Waals surface area contributed by atoms with Gasteiger partial charge < -0.3 is 24.5 Å². The minimum absolute atomic E-state index is 0.00758. The maximum absolute atomic E-state index is 13.8. The Balaban J connectivity index is 1.45. The van der Waals surface area contributed by atoms with Crippen molar-refractivity contribution in [2.24, 2.45) is 0 Å². The number of benzene rings is 1. The summed E-state index contributed by atoms with van der Waals surface area (Å²) in [5.74, 6) is 0.979. The monoisotopic (exact) mass is 434 g/mol. The summed E-state index contributed by atoms with van der Waals surface area (Å²) >= 11 is 0. The van der Waals surface area contributed by atoms with Crippen molar-refractivity contribution in [3.63, 3.8) is 0 Å². The smallest absolute Gasteiger partial charge is 0.410 e. The highest BCUT2D eigenvalue weighted by Gasteiger charge is 2.47. The number of aromatic nitrogens is 2. The first-order valence-electron chi connectivity index (χ1n) is 9.51. The number of furan rings is 1. The van der Waals surface area contributed by atoms with Crippen LogP contribution in [0.25, 0.3) is 0 Å². The minimum Gasteiger partial charge on any atom is -0.467 e. The molecule has 31 heavy (non-hydrogen) atoms. The standard InChI is InChI=1S/C20H17F3N4O4/c21-20(22,23)17-7-14(11-3-4-15-16(6-11)31-10-30-15)26-18-13(9-25-27(17)18)19(28)24-8-12-2-1-5-29-12/h1-6,9,14,17,26H,7-8,10H2,(H,24,28)/t14-,17-/m1/s1. The van der Waals surface area contributed by atoms with E-state index < -0.39 is 24.2 Å². The van der Waals surface area contributed by atoms with Gasteiger partial charge in [-0.2, -0.15) is 18.3 Å². The number of ether oxygens (including phenoxy) is 2. The number of halogens is 3. The van der Waals surface area contributed by atoms with Gasteiger partial charge in [0.25, 0.3) is 5.91 Å². The van der Waals surface area contributed by atoms with Gasteiger partial charge in [-0.15, -0.1) is 0 Å². The molecule has 2 aliphatic rings. The van der Waals surface area contributed by atoms with E-state index in [0.29, 0.717) is 22.8 Å². The Morgan fingerprint density at radius 3 is 2.87 bits per heavy atom. The van der Waals surface area contributed by atoms with E-state index in [9.17, 15) is 18.0 Å². The summed E-state index contributed by atoms with van der Waals surface area (Å²) in [6.07, 6.45) is -2.22. The van der Waals surface area contributed by atoms with Crippen LogP contribution in [0.2, 0.25) is 0 Å². The fourth-order valence-electron chi connectivity index (χ4n) is 3.75. The number of carbonyl (C=O) groups excluding carboxylic acids is 1. The fraction of sp³-hybridized carbons (Fsp3) is 0.300. The van der Waals surface area contributed by atoms with Gasteiger partial charge in [-0.1, -0.05) is 6.07 Å². The second kappa shape index (κ2) is 7.25. The Labute approximate surface area is 173 Å². The van der Waals surface area contributed by atoms with E-state index in [1.165, 1.54) is 6.26 Å². The molecule has 0 aliphatic carbocycles. The minimum atomic E-state index is -4.54. The predicted octanol–water partition coefficient (Wildman–Crippen LogP) is 3.80. The van der Waals surface area contributed by atoms with Gasteiger partial charge >= 0.3 is 6.18 Å². The van der Waals surface area contributed by atoms with E-state index in [4.69, 9.17) is 13.9 Å². The maximum Gasteiger partial charge on any atom is 0.410 e. The summed E-state index contributed by atoms with van der Waals surface area (Å²) in [6, 6.07) is 5.76. The van der Waals surface area contributed by atoms with Crippen molar-refractivity contribution in [3.8, 4) is 11.5 Å². The van der Waals surface area contributed by atoms with Crippen LogP contribution in [0.3, 0.4) is 0 Å². The molecule has 8 nitrogen and oxygen atoms in total. The topological polar surface area (TPSA) is 90.6 Å². The summed E-state index contributed by atoms with van der Waals surface area (Å²) in [5, 5.41) is 9.55. The van der Waals surface area contributed by atoms with E-state index in [1.54, 1.807) is 30.3 Å². The highest BCUT2D eigenvalue weighted by atomic mass is 19.4. The molecule has 11 heteroatoms. The summed E-state index contributed by atoms with van der Waals surface area (Å²) in [4.78, 5) is 12.7. The molecule has 0 unspecified atom stereocenters. The molecule has 0 saturated carbocycles. The molecular formula is C20H17F3N4O4. The lowest BCUT2D eigenvalue weighted by molar-refractivity contribution is -0.173. The molecule has 5 rings (SSSR count). The van der Waals surface area contributed by atoms with Crippen molar-refractivity contribution in [3.05, 3.63) is 59.7 Å². The molecule has 2 N–H and O–H groups in total. The number of rotatable bonds is 4. The summed E-state index contributed by atoms with van der Waals surface area (Å²) in [7, 11) is 0. The lowest BCUT2D eigenvalue weighted by atomic mass is 9.96. The lowest BCUT2D eigenvalue weighted by Gasteiger charge is -2.34. The average molecular weight is 434 g/mol. The molecule has 1 amide bonds. The van der Waals surface area contributed by atoms with Crippen LogP contribution >= 0.6 is 0 Å². The van der Waals surface area contributed by atoms with E-state index in [-0.39, 0.29) is 31.1 Å². The van der Waals surface area contributed by atoms with E-state index >= 15 is 0 Å². The van der Waals surface area contributed by atoms with E-state index in [0.717, 1.165) is 10.9 Å². The summed E-state index contributed by atoms with van der Waals surface area (Å²) in [6.45, 7) is 0.166. The fourth-order valence-corrected chi connectivity index (χ4v) is 3.75. The van der Waals surface area contributed by atoms with Gasteiger partial charge in [-0.25, -0.2) is 4.68 Å². The number of carbonyl (C=O) groups is 1. The Kier molecular flexibility index (Phi) is 4.53. The molecule has 3 aromatic rings. The van der Waals surface area contributed by atoms with Crippen molar-refractivity contribution in [1.82, 2.24) is 15.1 Å². The molecule has 0 fully saturated rings. The van der Waals surface area contributed by atoms with Gasteiger partial charge in [0.1, 0.15) is 17.1 Å². The van der Waals surface area contributed by atoms with Crippen LogP contribution in [0.1, 0.15) is 40.2 Å². The van der Waals surface area contributed by atoms with Gasteiger partial charge in [0.05, 0.1) is 25.0 Å². The zero-order valence-electron chi connectivity index (χ0n) is 16.0. The molecule has 0 spiro atoms. The summed E-state index contributed by atoms with van der Waals surface area (Å²) < 4.78 is 58.1. The number of anilines is 1. The molecule has 2 aliphatic heterocycles. The molecule has 2 atom stereocenters. The Bertz CT molecular complexity index is 1110. The van der Waals surface area contributed by atoms with Crippen LogP contribution < -0.4 is 20.1 Å². The largest absolute Gasteiger partial charge is 0.467 e. The third kappa shape index (κ3) is 3.56. The Morgan fingerprint density at radius 1 is 1.26 bits per heavy atom. The maximum atomic E-state index is 13.8. The van der Waals surface area contributed by atoms with Crippen molar-refractivity contribution in [2.75, 3.05) is 12.1 Å². The zero-order valence-corrected chi connectivity index (χ0v) is 16.0. The molecule has 1 aromatic carbocycles. The number of nitrogens with zero attached hydrogens (tertiary/aromatic N) is 2. The quantitative estimate of drug-likeness (QED) is 0.649. The first kappa shape index (κ1) is 19.3. The van der Waals surface area contributed by atoms with Crippen LogP contribution in [0, 0.1) is 0 Å². The second-order valence-corrected chi connectivity index (χ2v) is 7.22. The predicted molar refractivity (Wildman–Crippen MR) is 101 cm³/mol. The Hall–Kier alpha value is -3.63. The van der Waals surface area contributed by atoms with Crippen LogP contribution in [0.5, 0.6) is 11.5 Å². The molecule has 0 bridgehead atoms. The second-order valence-electron chi connectivity index (χ2n) is 7.22. The molecule has 2 aromatic heterocycles. The van der Waals surface area contributed by atoms with Crippen LogP contribution in [-0.2, 0) is 6.54 Å². The number of hydrogen-bond donors (Lipinski definition) is 2. The average Bonchev–Trinajstić information content (AvgIpc) is 3.50. The normalized spacial score (nSPS) is 19.6. The van der Waals surface area contributed by atoms with Gasteiger partial charge in [-0.05, 0) is 29.8 Å². The number of amides is 1. The van der Waals surface area contributed by atoms with Crippen molar-refractivity contribution < 1.29 is 31.9 Å². The van der Waals surface area contributed by atoms with Crippen LogP contribution in [0.4, 0.5) is 19.0 Å². The Morgan fingerprint density at radius 2 is 2.10 bits per heavy atom. The number of nitrogens with one attached hydrogen (secondary N) is 2. The molecule has 0 radical (unpaired) electrons. The molecule has 4 heterocycles. The number of fused-ring (bicyclic) bond motifs is 2. The third-order valence-corrected chi connectivity index (χ3v) is 5.29. The third-order valence-electron chi connectivity index (χ3n) is 5.29. The molecule has 162 valence electrons. The first-order chi connectivity index (χ1) is 14.9. The SMILES string of the molecule is O=C(NCc1ccco1)c1cnn2c1N[C@@H](c1ccc3c(c1)OCO3)C[C@@H]2C(F)(F)F. The first-order valence-corrected chi connectivity index (χ1v) is 9.51. The van der Waals surface area contributed by atoms with Gasteiger partial charge in [0.2, 0.25) is 6.79 Å². The molecule has 0 saturated heterocycles. The van der Waals surface area contributed by atoms with Gasteiger partial charge in [0, 0.05) is 6.42 Å². The van der Waals surface area contributed by atoms with Gasteiger partial charge in [-0.3, -0.25) is 4.79 Å². The molecular weight excluding hydrogens is 417 g/mol. The van der Waals surface area contributed by atoms with Crippen LogP contribution in [0.15, 0.2) is 47.2 Å². The highest BCUT2D eigenvalue weighted by Crippen LogP contribution is 2.45. The van der Waals surface area contributed by atoms with Crippen molar-refractivity contribution in [2.45, 2.75) is 31.2 Å². The number of alkyl halides is 3. The van der Waals surface area contributed by atoms with Crippen LogP contribution in [-0.4, -0.2) is 28.7 Å². The summed E-state index contributed by atoms with van der Waals surface area (Å²) in [5.41, 5.74) is 0.610. The number of hydrogen-bond acceptors (Lipinski definition) is 6. The van der Waals surface area contributed by atoms with E-state index in [1.807, 2.05) is 0 Å². The van der Waals surface area contributed by atoms with Crippen molar-refractivity contribution >= 4 is 11.7 Å². The highest BCUT2D eigenvalue weighted by molar-refractivity contribution is 5.98. The van der Waals surface area contributed by atoms with E-state index in [2.05, 4.69) is 15.7 Å². The zero-order chi connectivity index (χ0) is 21.6. The van der Waals surface area contributed by atoms with Crippen molar-refractivity contribution in [1.29, 1.82) is 0 Å².